The Kier molecular flexibility index (Phi) is 2.23. The highest BCUT2D eigenvalue weighted by Crippen LogP contribution is 2.18. The van der Waals surface area contributed by atoms with E-state index in [0.717, 1.165) is 11.3 Å². The monoisotopic (exact) mass is 162 g/mol. The van der Waals surface area contributed by atoms with Crippen molar-refractivity contribution in [1.82, 2.24) is 4.57 Å². The molecular weight excluding hydrogens is 148 g/mol. The number of nitrogens with zero attached hydrogens (tertiary/aromatic N) is 2. The van der Waals surface area contributed by atoms with Gasteiger partial charge < -0.3 is 4.57 Å². The summed E-state index contributed by atoms with van der Waals surface area (Å²) in [5.41, 5.74) is 3.03. The molecule has 12 heavy (non-hydrogen) atoms. The molecule has 0 aliphatic carbocycles. The molecule has 0 radical (unpaired) electrons. The maximum Gasteiger partial charge on any atom is 0.123 e. The van der Waals surface area contributed by atoms with E-state index in [1.807, 2.05) is 13.8 Å². The molecule has 1 heterocycles. The first-order chi connectivity index (χ1) is 5.57. The molecule has 0 atom stereocenters. The zero-order valence-corrected chi connectivity index (χ0v) is 8.05. The number of aromatic nitrogens is 1. The molecule has 1 rings (SSSR count). The fraction of sp³-hybridized carbons (Fsp3) is 0.500. The minimum absolute atomic E-state index is 0.369. The van der Waals surface area contributed by atoms with Gasteiger partial charge >= 0.3 is 0 Å². The Balaban J connectivity index is 3.35. The van der Waals surface area contributed by atoms with E-state index < -0.39 is 0 Å². The summed E-state index contributed by atoms with van der Waals surface area (Å²) in [6.45, 7) is 8.19. The van der Waals surface area contributed by atoms with Crippen LogP contribution < -0.4 is 0 Å². The summed E-state index contributed by atoms with van der Waals surface area (Å²) in [7, 11) is 0. The maximum atomic E-state index is 8.89. The van der Waals surface area contributed by atoms with E-state index in [-0.39, 0.29) is 0 Å². The third-order valence-electron chi connectivity index (χ3n) is 2.04. The third kappa shape index (κ3) is 1.23. The molecule has 0 fully saturated rings. The van der Waals surface area contributed by atoms with Crippen LogP contribution in [0, 0.1) is 25.2 Å². The number of aryl methyl sites for hydroxylation is 2. The standard InChI is InChI=1S/C10H14N2/c1-7(2)12-9(4)5-8(3)10(12)6-11/h5,7H,1-4H3. The minimum atomic E-state index is 0.369. The van der Waals surface area contributed by atoms with Gasteiger partial charge in [-0.3, -0.25) is 0 Å². The highest BCUT2D eigenvalue weighted by atomic mass is 15.0. The smallest absolute Gasteiger partial charge is 0.123 e. The van der Waals surface area contributed by atoms with Crippen molar-refractivity contribution >= 4 is 0 Å². The molecular formula is C10H14N2. The van der Waals surface area contributed by atoms with Crippen LogP contribution in [0.5, 0.6) is 0 Å². The van der Waals surface area contributed by atoms with E-state index in [0.29, 0.717) is 6.04 Å². The van der Waals surface area contributed by atoms with Crippen molar-refractivity contribution in [3.63, 3.8) is 0 Å². The first-order valence-electron chi connectivity index (χ1n) is 4.16. The van der Waals surface area contributed by atoms with E-state index in [1.165, 1.54) is 5.69 Å². The van der Waals surface area contributed by atoms with Crippen molar-refractivity contribution in [3.05, 3.63) is 23.0 Å². The summed E-state index contributed by atoms with van der Waals surface area (Å²) >= 11 is 0. The first kappa shape index (κ1) is 8.86. The normalized spacial score (nSPS) is 10.3. The zero-order valence-electron chi connectivity index (χ0n) is 8.05. The van der Waals surface area contributed by atoms with Gasteiger partial charge in [-0.05, 0) is 39.3 Å². The Hall–Kier alpha value is -1.23. The van der Waals surface area contributed by atoms with Crippen molar-refractivity contribution in [2.45, 2.75) is 33.7 Å². The minimum Gasteiger partial charge on any atom is -0.334 e. The average Bonchev–Trinajstić information content (AvgIpc) is 2.24. The summed E-state index contributed by atoms with van der Waals surface area (Å²) < 4.78 is 2.06. The molecule has 0 spiro atoms. The van der Waals surface area contributed by atoms with Crippen LogP contribution in [0.15, 0.2) is 6.07 Å². The summed E-state index contributed by atoms with van der Waals surface area (Å²) in [4.78, 5) is 0. The molecule has 0 aromatic carbocycles. The largest absolute Gasteiger partial charge is 0.334 e. The predicted octanol–water partition coefficient (Wildman–Crippen LogP) is 2.56. The molecule has 0 saturated heterocycles. The number of rotatable bonds is 1. The Morgan fingerprint density at radius 1 is 1.42 bits per heavy atom. The second-order valence-electron chi connectivity index (χ2n) is 3.39. The van der Waals surface area contributed by atoms with Gasteiger partial charge in [-0.1, -0.05) is 0 Å². The predicted molar refractivity (Wildman–Crippen MR) is 49.0 cm³/mol. The molecule has 0 unspecified atom stereocenters. The van der Waals surface area contributed by atoms with Gasteiger partial charge in [-0.2, -0.15) is 5.26 Å². The molecule has 1 aromatic heterocycles. The van der Waals surface area contributed by atoms with Gasteiger partial charge in [0, 0.05) is 11.7 Å². The van der Waals surface area contributed by atoms with Crippen molar-refractivity contribution in [3.8, 4) is 6.07 Å². The van der Waals surface area contributed by atoms with Gasteiger partial charge in [0.2, 0.25) is 0 Å². The topological polar surface area (TPSA) is 28.7 Å². The van der Waals surface area contributed by atoms with Gasteiger partial charge in [0.05, 0.1) is 0 Å². The van der Waals surface area contributed by atoms with Gasteiger partial charge in [0.1, 0.15) is 11.8 Å². The highest BCUT2D eigenvalue weighted by Gasteiger charge is 2.10. The number of nitriles is 1. The quantitative estimate of drug-likeness (QED) is 0.623. The lowest BCUT2D eigenvalue weighted by Crippen LogP contribution is -2.05. The van der Waals surface area contributed by atoms with Gasteiger partial charge in [0.25, 0.3) is 0 Å². The molecule has 0 bridgehead atoms. The van der Waals surface area contributed by atoms with E-state index in [4.69, 9.17) is 5.26 Å². The average molecular weight is 162 g/mol. The van der Waals surface area contributed by atoms with Crippen molar-refractivity contribution < 1.29 is 0 Å². The number of hydrogen-bond acceptors (Lipinski definition) is 1. The summed E-state index contributed by atoms with van der Waals surface area (Å²) in [5, 5.41) is 8.89. The summed E-state index contributed by atoms with van der Waals surface area (Å²) in [6.07, 6.45) is 0. The van der Waals surface area contributed by atoms with Gasteiger partial charge in [-0.15, -0.1) is 0 Å². The third-order valence-corrected chi connectivity index (χ3v) is 2.04. The van der Waals surface area contributed by atoms with Gasteiger partial charge in [-0.25, -0.2) is 0 Å². The lowest BCUT2D eigenvalue weighted by Gasteiger charge is -2.11. The Bertz CT molecular complexity index is 326. The summed E-state index contributed by atoms with van der Waals surface area (Å²) in [6, 6.07) is 4.65. The Morgan fingerprint density at radius 2 is 2.00 bits per heavy atom. The van der Waals surface area contributed by atoms with E-state index in [1.54, 1.807) is 0 Å². The van der Waals surface area contributed by atoms with Crippen LogP contribution in [-0.4, -0.2) is 4.57 Å². The highest BCUT2D eigenvalue weighted by molar-refractivity contribution is 5.36. The fourth-order valence-corrected chi connectivity index (χ4v) is 1.63. The molecule has 64 valence electrons. The zero-order chi connectivity index (χ0) is 9.30. The molecule has 2 nitrogen and oxygen atoms in total. The molecule has 0 aliphatic heterocycles. The molecule has 2 heteroatoms. The van der Waals surface area contributed by atoms with Gasteiger partial charge in [0.15, 0.2) is 0 Å². The fourth-order valence-electron chi connectivity index (χ4n) is 1.63. The van der Waals surface area contributed by atoms with Crippen LogP contribution in [0.25, 0.3) is 0 Å². The first-order valence-corrected chi connectivity index (χ1v) is 4.16. The molecule has 0 amide bonds. The van der Waals surface area contributed by atoms with Crippen LogP contribution in [0.4, 0.5) is 0 Å². The Morgan fingerprint density at radius 3 is 2.33 bits per heavy atom. The lowest BCUT2D eigenvalue weighted by atomic mass is 10.3. The SMILES string of the molecule is Cc1cc(C)n(C(C)C)c1C#N. The maximum absolute atomic E-state index is 8.89. The van der Waals surface area contributed by atoms with Crippen LogP contribution in [0.1, 0.15) is 36.8 Å². The van der Waals surface area contributed by atoms with E-state index in [2.05, 4.69) is 30.6 Å². The van der Waals surface area contributed by atoms with Crippen LogP contribution in [-0.2, 0) is 0 Å². The molecule has 0 N–H and O–H groups in total. The van der Waals surface area contributed by atoms with Crippen LogP contribution in [0.2, 0.25) is 0 Å². The van der Waals surface area contributed by atoms with Crippen molar-refractivity contribution in [1.29, 1.82) is 5.26 Å². The molecule has 0 saturated carbocycles. The molecule has 1 aromatic rings. The second-order valence-corrected chi connectivity index (χ2v) is 3.39. The van der Waals surface area contributed by atoms with E-state index >= 15 is 0 Å². The lowest BCUT2D eigenvalue weighted by molar-refractivity contribution is 0.582. The van der Waals surface area contributed by atoms with Crippen LogP contribution >= 0.6 is 0 Å². The number of hydrogen-bond donors (Lipinski definition) is 0. The van der Waals surface area contributed by atoms with Crippen LogP contribution in [0.3, 0.4) is 0 Å². The van der Waals surface area contributed by atoms with Crippen molar-refractivity contribution in [2.24, 2.45) is 0 Å². The van der Waals surface area contributed by atoms with E-state index in [9.17, 15) is 0 Å². The molecule has 0 aliphatic rings. The second kappa shape index (κ2) is 3.02. The summed E-state index contributed by atoms with van der Waals surface area (Å²) in [5.74, 6) is 0. The Labute approximate surface area is 73.4 Å². The van der Waals surface area contributed by atoms with Crippen molar-refractivity contribution in [2.75, 3.05) is 0 Å².